The molecule has 0 heterocycles. The number of carbonyl (C=O) groups is 1. The number of carbonyl (C=O) groups excluding carboxylic acids is 1. The minimum Gasteiger partial charge on any atom is -0.356 e. The van der Waals surface area contributed by atoms with Crippen LogP contribution in [0.25, 0.3) is 0 Å². The third kappa shape index (κ3) is 5.93. The Balaban J connectivity index is 1.58. The molecule has 1 saturated carbocycles. The number of benzene rings is 1. The third-order valence-electron chi connectivity index (χ3n) is 3.51. The molecule has 3 N–H and O–H groups in total. The number of rotatable bonds is 7. The zero-order chi connectivity index (χ0) is 15.8. The Morgan fingerprint density at radius 1 is 1.14 bits per heavy atom. The summed E-state index contributed by atoms with van der Waals surface area (Å²) in [6.45, 7) is 2.07. The van der Waals surface area contributed by atoms with Crippen molar-refractivity contribution in [2.75, 3.05) is 26.7 Å². The van der Waals surface area contributed by atoms with Crippen LogP contribution >= 0.6 is 11.6 Å². The van der Waals surface area contributed by atoms with Crippen LogP contribution in [0.2, 0.25) is 5.02 Å². The summed E-state index contributed by atoms with van der Waals surface area (Å²) < 4.78 is 0. The number of halogens is 1. The molecule has 0 aliphatic heterocycles. The van der Waals surface area contributed by atoms with Gasteiger partial charge in [-0.3, -0.25) is 9.79 Å². The van der Waals surface area contributed by atoms with Crippen molar-refractivity contribution < 1.29 is 4.79 Å². The monoisotopic (exact) mass is 322 g/mol. The first-order valence-electron chi connectivity index (χ1n) is 7.65. The number of amides is 1. The van der Waals surface area contributed by atoms with Gasteiger partial charge < -0.3 is 16.0 Å². The summed E-state index contributed by atoms with van der Waals surface area (Å²) in [6.07, 6.45) is 2.97. The number of aliphatic imine (C=N–C) groups is 1. The molecule has 1 aliphatic rings. The van der Waals surface area contributed by atoms with E-state index in [0.29, 0.717) is 13.1 Å². The summed E-state index contributed by atoms with van der Waals surface area (Å²) in [5.41, 5.74) is 1.23. The van der Waals surface area contributed by atoms with Gasteiger partial charge in [0.05, 0.1) is 0 Å². The summed E-state index contributed by atoms with van der Waals surface area (Å²) >= 11 is 5.86. The van der Waals surface area contributed by atoms with Crippen LogP contribution in [-0.4, -0.2) is 38.5 Å². The first-order chi connectivity index (χ1) is 10.7. The van der Waals surface area contributed by atoms with Crippen molar-refractivity contribution in [2.45, 2.75) is 19.3 Å². The van der Waals surface area contributed by atoms with Crippen molar-refractivity contribution >= 4 is 23.5 Å². The number of guanidine groups is 1. The van der Waals surface area contributed by atoms with Crippen LogP contribution in [0.5, 0.6) is 0 Å². The first-order valence-corrected chi connectivity index (χ1v) is 8.03. The molecule has 0 aromatic heterocycles. The van der Waals surface area contributed by atoms with Crippen LogP contribution in [0.1, 0.15) is 18.4 Å². The van der Waals surface area contributed by atoms with E-state index in [2.05, 4.69) is 20.9 Å². The van der Waals surface area contributed by atoms with Gasteiger partial charge in [-0.1, -0.05) is 23.7 Å². The molecule has 120 valence electrons. The maximum absolute atomic E-state index is 11.5. The van der Waals surface area contributed by atoms with Gasteiger partial charge in [-0.15, -0.1) is 0 Å². The molecule has 1 aromatic carbocycles. The standard InChI is InChI=1S/C16H23ClN4O/c1-18-16(21-11-10-19-15(22)13-4-5-13)20-9-8-12-2-6-14(17)7-3-12/h2-3,6-7,13H,4-5,8-11H2,1H3,(H,19,22)(H2,18,20,21). The summed E-state index contributed by atoms with van der Waals surface area (Å²) in [5.74, 6) is 1.18. The molecule has 0 unspecified atom stereocenters. The van der Waals surface area contributed by atoms with Gasteiger partial charge in [0.25, 0.3) is 0 Å². The van der Waals surface area contributed by atoms with Gasteiger partial charge in [-0.05, 0) is 37.0 Å². The van der Waals surface area contributed by atoms with E-state index in [1.165, 1.54) is 5.56 Å². The smallest absolute Gasteiger partial charge is 0.223 e. The summed E-state index contributed by atoms with van der Waals surface area (Å²) in [6, 6.07) is 7.83. The van der Waals surface area contributed by atoms with E-state index in [0.717, 1.165) is 36.8 Å². The van der Waals surface area contributed by atoms with Crippen molar-refractivity contribution in [3.05, 3.63) is 34.9 Å². The molecule has 0 spiro atoms. The van der Waals surface area contributed by atoms with Gasteiger partial charge in [0.15, 0.2) is 5.96 Å². The fourth-order valence-corrected chi connectivity index (χ4v) is 2.18. The van der Waals surface area contributed by atoms with Gasteiger partial charge in [0.2, 0.25) is 5.91 Å². The van der Waals surface area contributed by atoms with Crippen LogP contribution in [0.3, 0.4) is 0 Å². The van der Waals surface area contributed by atoms with E-state index in [9.17, 15) is 4.79 Å². The molecule has 5 nitrogen and oxygen atoms in total. The Morgan fingerprint density at radius 2 is 1.77 bits per heavy atom. The Bertz CT molecular complexity index is 511. The van der Waals surface area contributed by atoms with Crippen LogP contribution in [0.4, 0.5) is 0 Å². The number of nitrogens with zero attached hydrogens (tertiary/aromatic N) is 1. The van der Waals surface area contributed by atoms with Crippen LogP contribution in [0.15, 0.2) is 29.3 Å². The Labute approximate surface area is 136 Å². The van der Waals surface area contributed by atoms with Crippen molar-refractivity contribution in [1.29, 1.82) is 0 Å². The minimum absolute atomic E-state index is 0.174. The fourth-order valence-electron chi connectivity index (χ4n) is 2.05. The largest absolute Gasteiger partial charge is 0.356 e. The number of hydrogen-bond acceptors (Lipinski definition) is 2. The lowest BCUT2D eigenvalue weighted by atomic mass is 10.1. The van der Waals surface area contributed by atoms with E-state index in [4.69, 9.17) is 11.6 Å². The number of nitrogens with one attached hydrogen (secondary N) is 3. The summed E-state index contributed by atoms with van der Waals surface area (Å²) in [5, 5.41) is 10.1. The van der Waals surface area contributed by atoms with E-state index >= 15 is 0 Å². The third-order valence-corrected chi connectivity index (χ3v) is 3.76. The van der Waals surface area contributed by atoms with Crippen LogP contribution in [0, 0.1) is 5.92 Å². The van der Waals surface area contributed by atoms with Gasteiger partial charge in [0, 0.05) is 37.6 Å². The lowest BCUT2D eigenvalue weighted by Gasteiger charge is -2.12. The minimum atomic E-state index is 0.174. The predicted octanol–water partition coefficient (Wildman–Crippen LogP) is 1.57. The van der Waals surface area contributed by atoms with E-state index in [-0.39, 0.29) is 11.8 Å². The highest BCUT2D eigenvalue weighted by Crippen LogP contribution is 2.28. The van der Waals surface area contributed by atoms with Crippen molar-refractivity contribution in [1.82, 2.24) is 16.0 Å². The average molecular weight is 323 g/mol. The molecule has 2 rings (SSSR count). The lowest BCUT2D eigenvalue weighted by molar-refractivity contribution is -0.122. The van der Waals surface area contributed by atoms with Crippen molar-refractivity contribution in [3.8, 4) is 0 Å². The zero-order valence-electron chi connectivity index (χ0n) is 12.9. The summed E-state index contributed by atoms with van der Waals surface area (Å²) in [7, 11) is 1.74. The van der Waals surface area contributed by atoms with E-state index in [1.54, 1.807) is 7.05 Å². The first kappa shape index (κ1) is 16.6. The lowest BCUT2D eigenvalue weighted by Crippen LogP contribution is -2.42. The SMILES string of the molecule is CN=C(NCCNC(=O)C1CC1)NCCc1ccc(Cl)cc1. The topological polar surface area (TPSA) is 65.5 Å². The molecule has 0 bridgehead atoms. The second-order valence-corrected chi connectivity index (χ2v) is 5.80. The molecular weight excluding hydrogens is 300 g/mol. The molecule has 1 fully saturated rings. The number of hydrogen-bond donors (Lipinski definition) is 3. The van der Waals surface area contributed by atoms with Gasteiger partial charge in [-0.2, -0.15) is 0 Å². The molecule has 1 aromatic rings. The second kappa shape index (κ2) is 8.63. The molecule has 22 heavy (non-hydrogen) atoms. The molecule has 0 atom stereocenters. The molecule has 1 amide bonds. The average Bonchev–Trinajstić information content (AvgIpc) is 3.36. The van der Waals surface area contributed by atoms with Crippen LogP contribution < -0.4 is 16.0 Å². The highest BCUT2D eigenvalue weighted by molar-refractivity contribution is 6.30. The Kier molecular flexibility index (Phi) is 6.52. The molecule has 1 aliphatic carbocycles. The van der Waals surface area contributed by atoms with Crippen molar-refractivity contribution in [3.63, 3.8) is 0 Å². The summed E-state index contributed by atoms with van der Waals surface area (Å²) in [4.78, 5) is 15.6. The Hall–Kier alpha value is -1.75. The highest BCUT2D eigenvalue weighted by Gasteiger charge is 2.28. The molecule has 6 heteroatoms. The maximum Gasteiger partial charge on any atom is 0.223 e. The molecular formula is C16H23ClN4O. The predicted molar refractivity (Wildman–Crippen MR) is 90.3 cm³/mol. The quantitative estimate of drug-likeness (QED) is 0.405. The second-order valence-electron chi connectivity index (χ2n) is 5.37. The molecule has 0 saturated heterocycles. The zero-order valence-corrected chi connectivity index (χ0v) is 13.6. The van der Waals surface area contributed by atoms with Gasteiger partial charge in [-0.25, -0.2) is 0 Å². The highest BCUT2D eigenvalue weighted by atomic mass is 35.5. The van der Waals surface area contributed by atoms with Gasteiger partial charge in [0.1, 0.15) is 0 Å². The maximum atomic E-state index is 11.5. The molecule has 0 radical (unpaired) electrons. The van der Waals surface area contributed by atoms with Gasteiger partial charge >= 0.3 is 0 Å². The fraction of sp³-hybridized carbons (Fsp3) is 0.500. The van der Waals surface area contributed by atoms with E-state index in [1.807, 2.05) is 24.3 Å². The van der Waals surface area contributed by atoms with Crippen LogP contribution in [-0.2, 0) is 11.2 Å². The van der Waals surface area contributed by atoms with E-state index < -0.39 is 0 Å². The normalized spacial score (nSPS) is 14.5. The van der Waals surface area contributed by atoms with Crippen molar-refractivity contribution in [2.24, 2.45) is 10.9 Å². The Morgan fingerprint density at radius 3 is 2.41 bits per heavy atom.